The van der Waals surface area contributed by atoms with E-state index in [1.165, 1.54) is 116 Å². The lowest BCUT2D eigenvalue weighted by Crippen LogP contribution is -2.61. The molecule has 1 aliphatic rings. The number of esters is 3. The summed E-state index contributed by atoms with van der Waals surface area (Å²) >= 11 is 0. The highest BCUT2D eigenvalue weighted by molar-refractivity contribution is 5.74. The van der Waals surface area contributed by atoms with Crippen LogP contribution in [0.25, 0.3) is 0 Å². The zero-order chi connectivity index (χ0) is 60.3. The fourth-order valence-electron chi connectivity index (χ4n) is 9.84. The molecule has 476 valence electrons. The lowest BCUT2D eigenvalue weighted by Gasteiger charge is -2.40. The summed E-state index contributed by atoms with van der Waals surface area (Å²) in [6.45, 7) is 5.84. The molecule has 0 saturated carbocycles. The highest BCUT2D eigenvalue weighted by atomic mass is 16.7. The third kappa shape index (κ3) is 47.8. The van der Waals surface area contributed by atoms with Crippen LogP contribution in [-0.2, 0) is 42.9 Å². The van der Waals surface area contributed by atoms with Gasteiger partial charge >= 0.3 is 23.9 Å². The number of unbranched alkanes of at least 4 members (excludes halogenated alkanes) is 29. The van der Waals surface area contributed by atoms with Crippen molar-refractivity contribution in [2.75, 3.05) is 13.2 Å². The summed E-state index contributed by atoms with van der Waals surface area (Å²) in [6.07, 6.45) is 64.0. The van der Waals surface area contributed by atoms with E-state index in [9.17, 15) is 34.5 Å². The van der Waals surface area contributed by atoms with E-state index >= 15 is 0 Å². The molecule has 0 aromatic heterocycles. The number of carboxylic acid groups (broad SMARTS) is 1. The van der Waals surface area contributed by atoms with Crippen LogP contribution in [0.5, 0.6) is 0 Å². The van der Waals surface area contributed by atoms with Crippen molar-refractivity contribution in [2.45, 2.75) is 327 Å². The van der Waals surface area contributed by atoms with Gasteiger partial charge in [0.15, 0.2) is 24.6 Å². The maximum atomic E-state index is 13.2. The van der Waals surface area contributed by atoms with E-state index < -0.39 is 67.3 Å². The molecular formula is C71H120O12. The predicted molar refractivity (Wildman–Crippen MR) is 340 cm³/mol. The summed E-state index contributed by atoms with van der Waals surface area (Å²) in [5, 5.41) is 31.6. The van der Waals surface area contributed by atoms with Crippen molar-refractivity contribution < 1.29 is 58.2 Å². The van der Waals surface area contributed by atoms with Gasteiger partial charge in [-0.05, 0) is 96.3 Å². The number of carbonyl (C=O) groups is 4. The smallest absolute Gasteiger partial charge is 0.335 e. The fourth-order valence-corrected chi connectivity index (χ4v) is 9.84. The van der Waals surface area contributed by atoms with Crippen molar-refractivity contribution in [2.24, 2.45) is 0 Å². The number of aliphatic hydroxyl groups excluding tert-OH is 2. The van der Waals surface area contributed by atoms with Crippen LogP contribution < -0.4 is 0 Å². The first-order chi connectivity index (χ1) is 40.6. The number of carboxylic acids is 1. The van der Waals surface area contributed by atoms with E-state index in [1.807, 2.05) is 0 Å². The average Bonchev–Trinajstić information content (AvgIpc) is 3.60. The lowest BCUT2D eigenvalue weighted by molar-refractivity contribution is -0.301. The van der Waals surface area contributed by atoms with Crippen LogP contribution >= 0.6 is 0 Å². The van der Waals surface area contributed by atoms with Crippen LogP contribution in [0.3, 0.4) is 0 Å². The second-order valence-electron chi connectivity index (χ2n) is 22.7. The highest BCUT2D eigenvalue weighted by Crippen LogP contribution is 2.27. The van der Waals surface area contributed by atoms with E-state index in [-0.39, 0.29) is 25.9 Å². The van der Waals surface area contributed by atoms with Gasteiger partial charge in [0.05, 0.1) is 6.61 Å². The zero-order valence-corrected chi connectivity index (χ0v) is 52.7. The maximum absolute atomic E-state index is 13.2. The van der Waals surface area contributed by atoms with Gasteiger partial charge in [-0.2, -0.15) is 0 Å². The van der Waals surface area contributed by atoms with Gasteiger partial charge in [-0.1, -0.05) is 260 Å². The summed E-state index contributed by atoms with van der Waals surface area (Å²) in [6, 6.07) is 0. The first kappa shape index (κ1) is 76.9. The number of aliphatic carboxylic acids is 1. The van der Waals surface area contributed by atoms with Crippen molar-refractivity contribution in [3.8, 4) is 0 Å². The molecule has 6 unspecified atom stereocenters. The Hall–Kier alpha value is -4.10. The van der Waals surface area contributed by atoms with Gasteiger partial charge in [0, 0.05) is 19.3 Å². The van der Waals surface area contributed by atoms with Crippen molar-refractivity contribution in [3.05, 3.63) is 85.1 Å². The zero-order valence-electron chi connectivity index (χ0n) is 52.7. The molecule has 0 aliphatic carbocycles. The molecule has 1 heterocycles. The Morgan fingerprint density at radius 2 is 0.759 bits per heavy atom. The van der Waals surface area contributed by atoms with Gasteiger partial charge < -0.3 is 39.0 Å². The molecule has 0 aromatic carbocycles. The summed E-state index contributed by atoms with van der Waals surface area (Å²) < 4.78 is 28.5. The quantitative estimate of drug-likeness (QED) is 0.0228. The van der Waals surface area contributed by atoms with E-state index in [0.717, 1.165) is 116 Å². The van der Waals surface area contributed by atoms with Gasteiger partial charge in [0.1, 0.15) is 18.8 Å². The van der Waals surface area contributed by atoms with Gasteiger partial charge in [-0.15, -0.1) is 0 Å². The monoisotopic (exact) mass is 1160 g/mol. The van der Waals surface area contributed by atoms with Crippen LogP contribution in [0.1, 0.15) is 290 Å². The number of aliphatic hydroxyl groups is 2. The second-order valence-corrected chi connectivity index (χ2v) is 22.7. The molecule has 1 fully saturated rings. The molecule has 0 bridgehead atoms. The molecule has 6 atom stereocenters. The molecular weight excluding hydrogens is 1040 g/mol. The van der Waals surface area contributed by atoms with Crippen molar-refractivity contribution in [3.63, 3.8) is 0 Å². The Labute approximate surface area is 505 Å². The van der Waals surface area contributed by atoms with Gasteiger partial charge in [0.2, 0.25) is 0 Å². The molecule has 0 aromatic rings. The number of hydrogen-bond acceptors (Lipinski definition) is 11. The molecule has 12 heteroatoms. The Morgan fingerprint density at radius 1 is 0.410 bits per heavy atom. The third-order valence-corrected chi connectivity index (χ3v) is 15.0. The largest absolute Gasteiger partial charge is 0.479 e. The van der Waals surface area contributed by atoms with E-state index in [4.69, 9.17) is 23.7 Å². The molecule has 1 rings (SSSR count). The summed E-state index contributed by atoms with van der Waals surface area (Å²) in [4.78, 5) is 51.4. The summed E-state index contributed by atoms with van der Waals surface area (Å²) in [7, 11) is 0. The first-order valence-electron chi connectivity index (χ1n) is 33.6. The highest BCUT2D eigenvalue weighted by Gasteiger charge is 2.50. The first-order valence-corrected chi connectivity index (χ1v) is 33.6. The van der Waals surface area contributed by atoms with Crippen LogP contribution in [0.4, 0.5) is 0 Å². The number of hydrogen-bond donors (Lipinski definition) is 3. The van der Waals surface area contributed by atoms with E-state index in [2.05, 4.69) is 106 Å². The molecule has 1 aliphatic heterocycles. The van der Waals surface area contributed by atoms with Gasteiger partial charge in [-0.3, -0.25) is 14.4 Å². The maximum Gasteiger partial charge on any atom is 0.335 e. The summed E-state index contributed by atoms with van der Waals surface area (Å²) in [5.41, 5.74) is 0. The Kier molecular flexibility index (Phi) is 54.0. The van der Waals surface area contributed by atoms with Crippen molar-refractivity contribution in [1.82, 2.24) is 0 Å². The van der Waals surface area contributed by atoms with E-state index in [1.54, 1.807) is 0 Å². The second kappa shape index (κ2) is 58.3. The van der Waals surface area contributed by atoms with Crippen molar-refractivity contribution >= 4 is 23.9 Å². The fraction of sp³-hybridized carbons (Fsp3) is 0.746. The van der Waals surface area contributed by atoms with E-state index in [0.29, 0.717) is 19.3 Å². The molecule has 83 heavy (non-hydrogen) atoms. The molecule has 0 spiro atoms. The molecule has 12 nitrogen and oxygen atoms in total. The van der Waals surface area contributed by atoms with Crippen molar-refractivity contribution in [1.29, 1.82) is 0 Å². The summed E-state index contributed by atoms with van der Waals surface area (Å²) in [5.74, 6) is -3.18. The number of carbonyl (C=O) groups excluding carboxylic acids is 3. The number of ether oxygens (including phenoxy) is 5. The standard InChI is InChI=1S/C71H120O12/c1-4-7-10-13-16-19-22-25-28-30-32-34-37-39-42-45-48-51-54-57-63(72)79-60-62(81-64(73)58-55-52-49-46-43-40-36-27-24-21-18-15-12-9-6-3)61-80-71-69(67(76)66(75)68(83-71)70(77)78)82-65(74)59-56-53-50-47-44-41-38-35-33-31-29-26-23-20-17-14-11-8-5-2/h9,12,16,18-19,21,25,27-28,32,34,36,43,46,62,66-69,71,75-76H,4-8,10-11,13-15,17,20,22-24,26,29-31,33,35,37-42,44-45,47-61H2,1-3H3,(H,77,78)/b12-9-,19-16-,21-18-,28-25-,34-32-,36-27-,46-43-. The molecule has 0 amide bonds. The van der Waals surface area contributed by atoms with Crippen LogP contribution in [-0.4, -0.2) is 89.2 Å². The topological polar surface area (TPSA) is 175 Å². The Balaban J connectivity index is 2.66. The molecule has 3 N–H and O–H groups in total. The number of rotatable bonds is 57. The Bertz CT molecular complexity index is 1760. The molecule has 1 saturated heterocycles. The van der Waals surface area contributed by atoms with Crippen LogP contribution in [0.15, 0.2) is 85.1 Å². The minimum Gasteiger partial charge on any atom is -0.479 e. The predicted octanol–water partition coefficient (Wildman–Crippen LogP) is 18.2. The minimum atomic E-state index is -1.91. The lowest BCUT2D eigenvalue weighted by atomic mass is 9.98. The van der Waals surface area contributed by atoms with Crippen LogP contribution in [0, 0.1) is 0 Å². The van der Waals surface area contributed by atoms with Gasteiger partial charge in [0.25, 0.3) is 0 Å². The normalized spacial score (nSPS) is 18.1. The van der Waals surface area contributed by atoms with Gasteiger partial charge in [-0.25, -0.2) is 4.79 Å². The Morgan fingerprint density at radius 3 is 1.20 bits per heavy atom. The average molecular weight is 1170 g/mol. The van der Waals surface area contributed by atoms with Crippen LogP contribution in [0.2, 0.25) is 0 Å². The SMILES string of the molecule is CC/C=C\C/C=C\C/C=C\C/C=C\CCCCC(=O)OC(COC(=O)CCCCCCCC/C=C\C/C=C\C/C=C\CCCCC)COC1OC(C(=O)O)C(O)C(O)C1OC(=O)CCCCCCCCCCCCCCCCCCCCC. The third-order valence-electron chi connectivity index (χ3n) is 15.0. The minimum absolute atomic E-state index is 0.0551. The number of allylic oxidation sites excluding steroid dienone is 14. The molecule has 0 radical (unpaired) electrons.